The number of carbonyl (C=O) groups excluding carboxylic acids is 1. The smallest absolute Gasteiger partial charge is 0.296 e. The maximum Gasteiger partial charge on any atom is 0.296 e. The molecule has 1 amide bonds. The number of nitrogens with one attached hydrogen (secondary N) is 2. The number of aryl methyl sites for hydroxylation is 1. The van der Waals surface area contributed by atoms with E-state index in [1.165, 1.54) is 22.9 Å². The van der Waals surface area contributed by atoms with Crippen LogP contribution >= 0.6 is 12.2 Å². The number of amides is 1. The first-order chi connectivity index (χ1) is 11.4. The second-order valence-corrected chi connectivity index (χ2v) is 5.06. The summed E-state index contributed by atoms with van der Waals surface area (Å²) >= 11 is 5.02. The van der Waals surface area contributed by atoms with E-state index in [0.29, 0.717) is 12.4 Å². The molecule has 126 valence electrons. The van der Waals surface area contributed by atoms with Gasteiger partial charge in [-0.25, -0.2) is 0 Å². The molecule has 0 bridgehead atoms. The van der Waals surface area contributed by atoms with Crippen LogP contribution in [0.15, 0.2) is 30.5 Å². The Hall–Kier alpha value is -3.01. The molecule has 1 heterocycles. The summed E-state index contributed by atoms with van der Waals surface area (Å²) < 4.78 is 6.71. The molecule has 10 heteroatoms. The summed E-state index contributed by atoms with van der Waals surface area (Å²) in [5, 5.41) is 20.1. The van der Waals surface area contributed by atoms with E-state index in [-0.39, 0.29) is 22.2 Å². The molecular weight excluding hydrogens is 334 g/mol. The van der Waals surface area contributed by atoms with Gasteiger partial charge in [-0.15, -0.1) is 0 Å². The molecule has 0 aliphatic heterocycles. The number of nitro groups is 1. The molecule has 0 atom stereocenters. The summed E-state index contributed by atoms with van der Waals surface area (Å²) in [7, 11) is 1.68. The maximum atomic E-state index is 11.9. The Labute approximate surface area is 142 Å². The van der Waals surface area contributed by atoms with Gasteiger partial charge >= 0.3 is 0 Å². The number of hydrogen-bond acceptors (Lipinski definition) is 6. The van der Waals surface area contributed by atoms with Crippen molar-refractivity contribution in [3.05, 3.63) is 46.3 Å². The van der Waals surface area contributed by atoms with Gasteiger partial charge < -0.3 is 10.1 Å². The van der Waals surface area contributed by atoms with E-state index >= 15 is 0 Å². The molecular formula is C14H15N5O4S. The van der Waals surface area contributed by atoms with Gasteiger partial charge in [0, 0.05) is 13.2 Å². The molecule has 0 saturated carbocycles. The van der Waals surface area contributed by atoms with Crippen molar-refractivity contribution in [1.82, 2.24) is 15.1 Å². The van der Waals surface area contributed by atoms with Crippen molar-refractivity contribution >= 4 is 34.6 Å². The van der Waals surface area contributed by atoms with Crippen molar-refractivity contribution in [1.29, 1.82) is 0 Å². The fourth-order valence-corrected chi connectivity index (χ4v) is 2.08. The molecule has 9 nitrogen and oxygen atoms in total. The molecule has 2 N–H and O–H groups in total. The van der Waals surface area contributed by atoms with Crippen molar-refractivity contribution in [2.24, 2.45) is 7.05 Å². The van der Waals surface area contributed by atoms with Gasteiger partial charge in [-0.3, -0.25) is 24.9 Å². The van der Waals surface area contributed by atoms with Crippen molar-refractivity contribution in [3.63, 3.8) is 0 Å². The number of nitrogens with zero attached hydrogens (tertiary/aromatic N) is 3. The molecule has 0 aliphatic rings. The monoisotopic (exact) mass is 349 g/mol. The molecule has 24 heavy (non-hydrogen) atoms. The highest BCUT2D eigenvalue weighted by molar-refractivity contribution is 7.80. The van der Waals surface area contributed by atoms with Gasteiger partial charge in [-0.2, -0.15) is 5.10 Å². The fourth-order valence-electron chi connectivity index (χ4n) is 1.88. The van der Waals surface area contributed by atoms with E-state index in [1.807, 2.05) is 0 Å². The Balaban J connectivity index is 2.10. The first-order valence-corrected chi connectivity index (χ1v) is 7.34. The van der Waals surface area contributed by atoms with E-state index in [0.717, 1.165) is 0 Å². The first-order valence-electron chi connectivity index (χ1n) is 6.94. The average Bonchev–Trinajstić information content (AvgIpc) is 2.95. The number of nitro benzene ring substituents is 1. The third-order valence-electron chi connectivity index (χ3n) is 2.90. The van der Waals surface area contributed by atoms with Crippen LogP contribution in [-0.2, 0) is 7.05 Å². The molecule has 0 radical (unpaired) electrons. The largest absolute Gasteiger partial charge is 0.494 e. The quantitative estimate of drug-likeness (QED) is 0.481. The highest BCUT2D eigenvalue weighted by Gasteiger charge is 2.17. The van der Waals surface area contributed by atoms with Gasteiger partial charge in [-0.1, -0.05) is 0 Å². The molecule has 1 aromatic carbocycles. The minimum Gasteiger partial charge on any atom is -0.494 e. The van der Waals surface area contributed by atoms with Gasteiger partial charge in [0.2, 0.25) is 0 Å². The standard InChI is InChI=1S/C14H15N5O4S/c1-3-23-9-4-5-10(12(8-9)19(21)22)15-14(24)16-13(20)11-6-7-18(2)17-11/h4-8H,3H2,1-2H3,(H2,15,16,20,24). The van der Waals surface area contributed by atoms with Crippen LogP contribution < -0.4 is 15.4 Å². The van der Waals surface area contributed by atoms with Crippen LogP contribution in [0.1, 0.15) is 17.4 Å². The van der Waals surface area contributed by atoms with Crippen molar-refractivity contribution < 1.29 is 14.5 Å². The zero-order valence-corrected chi connectivity index (χ0v) is 13.8. The number of thiocarbonyl (C=S) groups is 1. The van der Waals surface area contributed by atoms with E-state index in [9.17, 15) is 14.9 Å². The topological polar surface area (TPSA) is 111 Å². The predicted molar refractivity (Wildman–Crippen MR) is 91.2 cm³/mol. The maximum absolute atomic E-state index is 11.9. The normalized spacial score (nSPS) is 10.1. The zero-order chi connectivity index (χ0) is 17.7. The van der Waals surface area contributed by atoms with Crippen LogP contribution in [0.5, 0.6) is 5.75 Å². The van der Waals surface area contributed by atoms with Crippen molar-refractivity contribution in [2.45, 2.75) is 6.92 Å². The Morgan fingerprint density at radius 1 is 1.46 bits per heavy atom. The van der Waals surface area contributed by atoms with Crippen LogP contribution in [0, 0.1) is 10.1 Å². The lowest BCUT2D eigenvalue weighted by molar-refractivity contribution is -0.384. The van der Waals surface area contributed by atoms with Gasteiger partial charge in [0.15, 0.2) is 10.8 Å². The van der Waals surface area contributed by atoms with E-state index in [4.69, 9.17) is 17.0 Å². The van der Waals surface area contributed by atoms with Crippen LogP contribution in [-0.4, -0.2) is 32.3 Å². The molecule has 0 unspecified atom stereocenters. The lowest BCUT2D eigenvalue weighted by Crippen LogP contribution is -2.34. The summed E-state index contributed by atoms with van der Waals surface area (Å²) in [4.78, 5) is 22.6. The Bertz CT molecular complexity index is 789. The molecule has 2 aromatic rings. The van der Waals surface area contributed by atoms with Gasteiger partial charge in [0.05, 0.1) is 17.6 Å². The van der Waals surface area contributed by atoms with Crippen LogP contribution in [0.3, 0.4) is 0 Å². The van der Waals surface area contributed by atoms with Crippen LogP contribution in [0.4, 0.5) is 11.4 Å². The van der Waals surface area contributed by atoms with Gasteiger partial charge in [-0.05, 0) is 37.3 Å². The number of carbonyl (C=O) groups is 1. The Kier molecular flexibility index (Phi) is 5.42. The lowest BCUT2D eigenvalue weighted by Gasteiger charge is -2.10. The highest BCUT2D eigenvalue weighted by atomic mass is 32.1. The number of anilines is 1. The SMILES string of the molecule is CCOc1ccc(NC(=S)NC(=O)c2ccn(C)n2)c([N+](=O)[O-])c1. The summed E-state index contributed by atoms with van der Waals surface area (Å²) in [6.07, 6.45) is 1.61. The van der Waals surface area contributed by atoms with Crippen molar-refractivity contribution in [3.8, 4) is 5.75 Å². The summed E-state index contributed by atoms with van der Waals surface area (Å²) in [6, 6.07) is 5.84. The first kappa shape index (κ1) is 17.3. The number of rotatable bonds is 5. The summed E-state index contributed by atoms with van der Waals surface area (Å²) in [5.41, 5.74) is 0.119. The van der Waals surface area contributed by atoms with Crippen LogP contribution in [0.2, 0.25) is 0 Å². The van der Waals surface area contributed by atoms with Crippen LogP contribution in [0.25, 0.3) is 0 Å². The number of hydrogen-bond donors (Lipinski definition) is 2. The minimum absolute atomic E-state index is 0.0714. The lowest BCUT2D eigenvalue weighted by atomic mass is 10.2. The van der Waals surface area contributed by atoms with Gasteiger partial charge in [0.1, 0.15) is 11.4 Å². The molecule has 1 aromatic heterocycles. The summed E-state index contributed by atoms with van der Waals surface area (Å²) in [5.74, 6) is -0.139. The third-order valence-corrected chi connectivity index (χ3v) is 3.10. The molecule has 0 spiro atoms. The molecule has 0 saturated heterocycles. The molecule has 0 aliphatic carbocycles. The van der Waals surface area contributed by atoms with Crippen molar-refractivity contribution in [2.75, 3.05) is 11.9 Å². The zero-order valence-electron chi connectivity index (χ0n) is 13.0. The predicted octanol–water partition coefficient (Wildman–Crippen LogP) is 1.85. The molecule has 0 fully saturated rings. The van der Waals surface area contributed by atoms with E-state index in [2.05, 4.69) is 15.7 Å². The minimum atomic E-state index is -0.561. The van der Waals surface area contributed by atoms with Gasteiger partial charge in [0.25, 0.3) is 11.6 Å². The molecule has 2 rings (SSSR count). The second kappa shape index (κ2) is 7.51. The van der Waals surface area contributed by atoms with E-state index in [1.54, 1.807) is 26.2 Å². The van der Waals surface area contributed by atoms with E-state index < -0.39 is 10.8 Å². The highest BCUT2D eigenvalue weighted by Crippen LogP contribution is 2.29. The Morgan fingerprint density at radius 3 is 2.79 bits per heavy atom. The number of aromatic nitrogens is 2. The number of ether oxygens (including phenoxy) is 1. The second-order valence-electron chi connectivity index (χ2n) is 4.65. The average molecular weight is 349 g/mol. The Morgan fingerprint density at radius 2 is 2.21 bits per heavy atom. The third kappa shape index (κ3) is 4.26. The number of benzene rings is 1. The fraction of sp³-hybridized carbons (Fsp3) is 0.214. The summed E-state index contributed by atoms with van der Waals surface area (Å²) in [6.45, 7) is 2.17.